The van der Waals surface area contributed by atoms with Crippen LogP contribution in [0.15, 0.2) is 164 Å². The molecular formula is C41H33Cl2NSiZr. The van der Waals surface area contributed by atoms with Crippen molar-refractivity contribution in [3.63, 3.8) is 0 Å². The molecule has 1 aromatic heterocycles. The van der Waals surface area contributed by atoms with E-state index < -0.39 is 20.8 Å². The van der Waals surface area contributed by atoms with Crippen molar-refractivity contribution in [2.24, 2.45) is 0 Å². The molecule has 0 spiro atoms. The predicted molar refractivity (Wildman–Crippen MR) is 199 cm³/mol. The van der Waals surface area contributed by atoms with E-state index in [1.165, 1.54) is 59.6 Å². The Labute approximate surface area is 293 Å². The Hall–Kier alpha value is -3.59. The number of fused-ring (bicyclic) bond motifs is 3. The number of hydrogen-bond donors (Lipinski definition) is 0. The Balaban J connectivity index is 0.000000138. The summed E-state index contributed by atoms with van der Waals surface area (Å²) in [6, 6.07) is 55.4. The van der Waals surface area contributed by atoms with Gasteiger partial charge in [-0.3, -0.25) is 4.98 Å². The molecule has 8 aromatic rings. The normalized spacial score (nSPS) is 10.2. The summed E-state index contributed by atoms with van der Waals surface area (Å²) in [4.78, 5) is 4.57. The summed E-state index contributed by atoms with van der Waals surface area (Å²) in [5.41, 5.74) is 6.20. The number of benzene rings is 5. The van der Waals surface area contributed by atoms with Gasteiger partial charge >= 0.3 is 37.9 Å². The summed E-state index contributed by atoms with van der Waals surface area (Å²) in [6.45, 7) is 4.27. The number of halogens is 2. The van der Waals surface area contributed by atoms with Gasteiger partial charge in [-0.2, -0.15) is 12.1 Å². The maximum absolute atomic E-state index is 4.93. The van der Waals surface area contributed by atoms with Crippen LogP contribution in [0.2, 0.25) is 0 Å². The molecule has 2 radical (unpaired) electrons. The van der Waals surface area contributed by atoms with E-state index in [1.807, 2.05) is 12.3 Å². The van der Waals surface area contributed by atoms with Crippen molar-refractivity contribution in [2.75, 3.05) is 0 Å². The number of aryl methyl sites for hydroxylation is 2. The standard InChI is InChI=1S/C19H14N.C12H10Si.C10H9.2ClH.Zr/c1-13-11-15-6-3-8-16(18(15)12-13)17-9-2-5-14-7-4-10-20-19(14)17;1-3-7-11(8-4-1)13-12-9-5-2-6-10-12;1-8-6-9-4-2-3-5-10(9)7-8;;;/h2-12H,1H3;1-10H;2-7H,1H3;2*1H;/q-1;;-1;;;+4/p-2. The Bertz CT molecular complexity index is 2030. The molecule has 1 nitrogen and oxygen atoms in total. The van der Waals surface area contributed by atoms with Crippen LogP contribution in [0.3, 0.4) is 0 Å². The first kappa shape index (κ1) is 33.8. The topological polar surface area (TPSA) is 12.9 Å². The minimum Gasteiger partial charge on any atom is -0.0631 e. The van der Waals surface area contributed by atoms with Gasteiger partial charge in [-0.1, -0.05) is 127 Å². The Morgan fingerprint density at radius 3 is 1.76 bits per heavy atom. The van der Waals surface area contributed by atoms with E-state index in [9.17, 15) is 0 Å². The number of pyridine rings is 1. The van der Waals surface area contributed by atoms with E-state index in [4.69, 9.17) is 17.0 Å². The van der Waals surface area contributed by atoms with E-state index in [-0.39, 0.29) is 0 Å². The minimum absolute atomic E-state index is 0.777. The molecule has 5 heteroatoms. The van der Waals surface area contributed by atoms with Crippen LogP contribution in [-0.2, 0) is 20.8 Å². The largest absolute Gasteiger partial charge is 0.121 e. The van der Waals surface area contributed by atoms with Crippen molar-refractivity contribution in [3.05, 3.63) is 175 Å². The molecule has 0 saturated heterocycles. The molecule has 0 bridgehead atoms. The number of rotatable bonds is 3. The molecule has 0 aliphatic rings. The van der Waals surface area contributed by atoms with Crippen LogP contribution in [-0.4, -0.2) is 14.5 Å². The summed E-state index contributed by atoms with van der Waals surface area (Å²) in [5, 5.41) is 9.28. The van der Waals surface area contributed by atoms with Gasteiger partial charge in [-0.05, 0) is 11.6 Å². The van der Waals surface area contributed by atoms with Crippen molar-refractivity contribution in [1.29, 1.82) is 0 Å². The fraction of sp³-hybridized carbons (Fsp3) is 0.0488. The van der Waals surface area contributed by atoms with Gasteiger partial charge in [0, 0.05) is 11.6 Å². The number of hydrogen-bond acceptors (Lipinski definition) is 1. The second-order valence-corrected chi connectivity index (χ2v) is 15.9. The predicted octanol–water partition coefficient (Wildman–Crippen LogP) is 10.7. The van der Waals surface area contributed by atoms with Crippen molar-refractivity contribution in [3.8, 4) is 11.1 Å². The summed E-state index contributed by atoms with van der Waals surface area (Å²) in [6.07, 6.45) is 1.86. The second kappa shape index (κ2) is 17.4. The molecule has 1 heterocycles. The van der Waals surface area contributed by atoms with Gasteiger partial charge in [-0.15, -0.1) is 75.1 Å². The van der Waals surface area contributed by atoms with Crippen molar-refractivity contribution < 1.29 is 20.8 Å². The van der Waals surface area contributed by atoms with Gasteiger partial charge in [0.1, 0.15) is 9.52 Å². The summed E-state index contributed by atoms with van der Waals surface area (Å²) >= 11 is -0.826. The first-order chi connectivity index (χ1) is 22.6. The van der Waals surface area contributed by atoms with Gasteiger partial charge in [0.2, 0.25) is 0 Å². The smallest absolute Gasteiger partial charge is 0.0631 e. The van der Waals surface area contributed by atoms with Crippen LogP contribution < -0.4 is 10.4 Å². The first-order valence-corrected chi connectivity index (χ1v) is 22.3. The van der Waals surface area contributed by atoms with Gasteiger partial charge in [0.25, 0.3) is 0 Å². The van der Waals surface area contributed by atoms with Crippen molar-refractivity contribution in [2.45, 2.75) is 13.8 Å². The summed E-state index contributed by atoms with van der Waals surface area (Å²) in [5.74, 6) is 0. The fourth-order valence-electron chi connectivity index (χ4n) is 5.46. The number of para-hydroxylation sites is 1. The molecule has 224 valence electrons. The molecule has 0 saturated carbocycles. The van der Waals surface area contributed by atoms with E-state index in [2.05, 4.69) is 170 Å². The van der Waals surface area contributed by atoms with E-state index in [0.29, 0.717) is 0 Å². The zero-order valence-corrected chi connectivity index (χ0v) is 30.8. The molecule has 46 heavy (non-hydrogen) atoms. The van der Waals surface area contributed by atoms with Crippen LogP contribution in [0, 0.1) is 13.8 Å². The van der Waals surface area contributed by atoms with Gasteiger partial charge in [-0.25, -0.2) is 0 Å². The molecule has 8 rings (SSSR count). The SMILES string of the molecule is Cc1cc2c(-c3cccc4cccnc34)cccc2[cH-]1.Cc1cc2ccccc2[cH-]1.[Cl][Zr+2][Cl].c1ccc([Si]c2ccccc2)cc1. The minimum atomic E-state index is -0.826. The van der Waals surface area contributed by atoms with Gasteiger partial charge in [0.15, 0.2) is 0 Å². The van der Waals surface area contributed by atoms with Gasteiger partial charge in [0.05, 0.1) is 5.52 Å². The molecule has 0 unspecified atom stereocenters. The van der Waals surface area contributed by atoms with Crippen LogP contribution in [0.1, 0.15) is 11.1 Å². The Morgan fingerprint density at radius 1 is 0.543 bits per heavy atom. The quantitative estimate of drug-likeness (QED) is 0.130. The zero-order valence-electron chi connectivity index (χ0n) is 25.8. The Morgan fingerprint density at radius 2 is 1.07 bits per heavy atom. The summed E-state index contributed by atoms with van der Waals surface area (Å²) < 4.78 is 0. The van der Waals surface area contributed by atoms with E-state index in [0.717, 1.165) is 15.0 Å². The fourth-order valence-corrected chi connectivity index (χ4v) is 6.51. The van der Waals surface area contributed by atoms with Crippen LogP contribution in [0.25, 0.3) is 43.6 Å². The molecular weight excluding hydrogens is 697 g/mol. The average Bonchev–Trinajstić information content (AvgIpc) is 3.67. The third-order valence-corrected chi connectivity index (χ3v) is 8.66. The molecule has 0 N–H and O–H groups in total. The van der Waals surface area contributed by atoms with Crippen LogP contribution >= 0.6 is 17.0 Å². The maximum Gasteiger partial charge on any atom is 0.121 e. The molecule has 7 aromatic carbocycles. The molecule has 0 amide bonds. The number of aromatic nitrogens is 1. The molecule has 0 atom stereocenters. The number of nitrogens with zero attached hydrogens (tertiary/aromatic N) is 1. The van der Waals surface area contributed by atoms with E-state index in [1.54, 1.807) is 0 Å². The summed E-state index contributed by atoms with van der Waals surface area (Å²) in [7, 11) is 10.6. The average molecular weight is 730 g/mol. The van der Waals surface area contributed by atoms with Crippen molar-refractivity contribution >= 4 is 69.4 Å². The molecule has 0 fully saturated rings. The molecule has 0 aliphatic carbocycles. The molecule has 0 aliphatic heterocycles. The van der Waals surface area contributed by atoms with E-state index >= 15 is 0 Å². The first-order valence-electron chi connectivity index (χ1n) is 15.0. The van der Waals surface area contributed by atoms with Gasteiger partial charge < -0.3 is 0 Å². The Kier molecular flexibility index (Phi) is 12.7. The zero-order chi connectivity index (χ0) is 32.1. The third kappa shape index (κ3) is 9.24. The van der Waals surface area contributed by atoms with Crippen LogP contribution in [0.5, 0.6) is 0 Å². The van der Waals surface area contributed by atoms with Crippen LogP contribution in [0.4, 0.5) is 0 Å². The van der Waals surface area contributed by atoms with Crippen molar-refractivity contribution in [1.82, 2.24) is 4.98 Å². The third-order valence-electron chi connectivity index (χ3n) is 7.42. The maximum atomic E-state index is 4.93. The monoisotopic (exact) mass is 727 g/mol. The second-order valence-electron chi connectivity index (χ2n) is 10.8.